The van der Waals surface area contributed by atoms with Gasteiger partial charge >= 0.3 is 0 Å². The molecule has 0 saturated carbocycles. The second-order valence-corrected chi connectivity index (χ2v) is 7.70. The minimum absolute atomic E-state index is 0.147. The molecule has 1 N–H and O–H groups in total. The molecule has 1 fully saturated rings. The zero-order valence-electron chi connectivity index (χ0n) is 12.7. The number of nitrogens with one attached hydrogen (secondary N) is 1. The van der Waals surface area contributed by atoms with Crippen molar-refractivity contribution in [3.05, 3.63) is 29.6 Å². The van der Waals surface area contributed by atoms with Gasteiger partial charge in [-0.05, 0) is 36.7 Å². The highest BCUT2D eigenvalue weighted by molar-refractivity contribution is 8.00. The van der Waals surface area contributed by atoms with Crippen molar-refractivity contribution in [1.82, 2.24) is 5.32 Å². The van der Waals surface area contributed by atoms with Gasteiger partial charge in [0.2, 0.25) is 0 Å². The Bertz CT molecular complexity index is 448. The fraction of sp³-hybridized carbons (Fsp3) is 0.625. The van der Waals surface area contributed by atoms with E-state index in [1.54, 1.807) is 12.1 Å². The fourth-order valence-corrected chi connectivity index (χ4v) is 3.62. The Hall–Kier alpha value is -0.740. The summed E-state index contributed by atoms with van der Waals surface area (Å²) in [5, 5.41) is 3.30. The van der Waals surface area contributed by atoms with Crippen LogP contribution >= 0.6 is 11.8 Å². The van der Waals surface area contributed by atoms with E-state index >= 15 is 0 Å². The number of benzene rings is 1. The number of halogens is 1. The van der Waals surface area contributed by atoms with E-state index in [4.69, 9.17) is 0 Å². The maximum atomic E-state index is 13.5. The Morgan fingerprint density at radius 2 is 2.15 bits per heavy atom. The molecule has 0 atom stereocenters. The van der Waals surface area contributed by atoms with Crippen LogP contribution in [0.25, 0.3) is 0 Å². The zero-order valence-corrected chi connectivity index (χ0v) is 13.5. The first kappa shape index (κ1) is 15.6. The predicted octanol–water partition coefficient (Wildman–Crippen LogP) is 3.66. The first-order chi connectivity index (χ1) is 9.52. The molecule has 2 nitrogen and oxygen atoms in total. The molecule has 0 amide bonds. The van der Waals surface area contributed by atoms with E-state index in [9.17, 15) is 4.39 Å². The number of anilines is 1. The molecule has 1 aromatic carbocycles. The average Bonchev–Trinajstić information content (AvgIpc) is 2.58. The summed E-state index contributed by atoms with van der Waals surface area (Å²) < 4.78 is 13.8. The third kappa shape index (κ3) is 4.13. The number of nitrogens with zero attached hydrogens (tertiary/aromatic N) is 1. The SMILES string of the molecule is CCNCc1cc(F)ccc1N1CCSC(C)(C)CC1. The van der Waals surface area contributed by atoms with Gasteiger partial charge in [-0.3, -0.25) is 0 Å². The maximum absolute atomic E-state index is 13.5. The predicted molar refractivity (Wildman–Crippen MR) is 87.1 cm³/mol. The molecule has 1 heterocycles. The van der Waals surface area contributed by atoms with Crippen LogP contribution in [0.4, 0.5) is 10.1 Å². The average molecular weight is 296 g/mol. The molecule has 0 radical (unpaired) electrons. The molecule has 1 aliphatic heterocycles. The molecule has 0 bridgehead atoms. The molecular weight excluding hydrogens is 271 g/mol. The van der Waals surface area contributed by atoms with Gasteiger partial charge in [0.05, 0.1) is 0 Å². The molecule has 20 heavy (non-hydrogen) atoms. The van der Waals surface area contributed by atoms with Crippen LogP contribution in [-0.4, -0.2) is 30.1 Å². The zero-order chi connectivity index (χ0) is 14.6. The van der Waals surface area contributed by atoms with E-state index < -0.39 is 0 Å². The Labute approximate surface area is 126 Å². The maximum Gasteiger partial charge on any atom is 0.123 e. The topological polar surface area (TPSA) is 15.3 Å². The molecule has 112 valence electrons. The third-order valence-electron chi connectivity index (χ3n) is 3.79. The Morgan fingerprint density at radius 1 is 1.35 bits per heavy atom. The minimum Gasteiger partial charge on any atom is -0.370 e. The number of thioether (sulfide) groups is 1. The highest BCUT2D eigenvalue weighted by Crippen LogP contribution is 2.33. The van der Waals surface area contributed by atoms with Crippen molar-refractivity contribution >= 4 is 17.4 Å². The van der Waals surface area contributed by atoms with Crippen LogP contribution in [0.1, 0.15) is 32.8 Å². The van der Waals surface area contributed by atoms with Crippen LogP contribution in [0.2, 0.25) is 0 Å². The molecule has 0 aromatic heterocycles. The lowest BCUT2D eigenvalue weighted by Crippen LogP contribution is -2.28. The third-order valence-corrected chi connectivity index (χ3v) is 5.16. The first-order valence-electron chi connectivity index (χ1n) is 7.40. The van der Waals surface area contributed by atoms with Gasteiger partial charge in [-0.2, -0.15) is 11.8 Å². The Balaban J connectivity index is 2.18. The van der Waals surface area contributed by atoms with E-state index in [0.717, 1.165) is 43.9 Å². The smallest absolute Gasteiger partial charge is 0.123 e. The van der Waals surface area contributed by atoms with Gasteiger partial charge in [0, 0.05) is 35.8 Å². The standard InChI is InChI=1S/C16H25FN2S/c1-4-18-12-13-11-14(17)5-6-15(13)19-8-7-16(2,3)20-10-9-19/h5-6,11,18H,4,7-10,12H2,1-3H3. The molecule has 4 heteroatoms. The van der Waals surface area contributed by atoms with Crippen LogP contribution in [-0.2, 0) is 6.54 Å². The van der Waals surface area contributed by atoms with Crippen LogP contribution in [0, 0.1) is 5.82 Å². The van der Waals surface area contributed by atoms with Gasteiger partial charge in [-0.25, -0.2) is 4.39 Å². The summed E-state index contributed by atoms with van der Waals surface area (Å²) in [6, 6.07) is 5.18. The number of rotatable bonds is 4. The van der Waals surface area contributed by atoms with Gasteiger partial charge in [-0.15, -0.1) is 0 Å². The van der Waals surface area contributed by atoms with Crippen molar-refractivity contribution in [2.75, 3.05) is 30.3 Å². The van der Waals surface area contributed by atoms with Crippen LogP contribution in [0.15, 0.2) is 18.2 Å². The van der Waals surface area contributed by atoms with Gasteiger partial charge < -0.3 is 10.2 Å². The van der Waals surface area contributed by atoms with Gasteiger partial charge in [0.1, 0.15) is 5.82 Å². The van der Waals surface area contributed by atoms with Crippen molar-refractivity contribution in [3.8, 4) is 0 Å². The summed E-state index contributed by atoms with van der Waals surface area (Å²) in [7, 11) is 0. The summed E-state index contributed by atoms with van der Waals surface area (Å²) in [5.41, 5.74) is 2.25. The van der Waals surface area contributed by atoms with Crippen molar-refractivity contribution in [2.24, 2.45) is 0 Å². The molecule has 1 aliphatic rings. The van der Waals surface area contributed by atoms with Crippen molar-refractivity contribution in [3.63, 3.8) is 0 Å². The monoisotopic (exact) mass is 296 g/mol. The molecular formula is C16H25FN2S. The largest absolute Gasteiger partial charge is 0.370 e. The van der Waals surface area contributed by atoms with Crippen molar-refractivity contribution in [1.29, 1.82) is 0 Å². The van der Waals surface area contributed by atoms with E-state index in [1.807, 2.05) is 17.8 Å². The lowest BCUT2D eigenvalue weighted by atomic mass is 10.1. The summed E-state index contributed by atoms with van der Waals surface area (Å²) in [6.45, 7) is 10.4. The van der Waals surface area contributed by atoms with Crippen molar-refractivity contribution in [2.45, 2.75) is 38.5 Å². The molecule has 2 rings (SSSR count). The summed E-state index contributed by atoms with van der Waals surface area (Å²) in [4.78, 5) is 2.41. The Morgan fingerprint density at radius 3 is 2.90 bits per heavy atom. The minimum atomic E-state index is -0.147. The van der Waals surface area contributed by atoms with E-state index in [0.29, 0.717) is 4.75 Å². The molecule has 0 unspecified atom stereocenters. The summed E-state index contributed by atoms with van der Waals surface area (Å²) in [5.74, 6) is 0.983. The lowest BCUT2D eigenvalue weighted by Gasteiger charge is -2.26. The molecule has 0 spiro atoms. The Kier molecular flexibility index (Phi) is 5.33. The van der Waals surface area contributed by atoms with E-state index in [2.05, 4.69) is 31.0 Å². The lowest BCUT2D eigenvalue weighted by molar-refractivity contribution is 0.616. The van der Waals surface area contributed by atoms with Crippen molar-refractivity contribution < 1.29 is 4.39 Å². The normalized spacial score (nSPS) is 18.9. The summed E-state index contributed by atoms with van der Waals surface area (Å²) >= 11 is 2.04. The highest BCUT2D eigenvalue weighted by atomic mass is 32.2. The van der Waals surface area contributed by atoms with Gasteiger partial charge in [0.25, 0.3) is 0 Å². The van der Waals surface area contributed by atoms with Crippen LogP contribution in [0.3, 0.4) is 0 Å². The fourth-order valence-electron chi connectivity index (χ4n) is 2.53. The molecule has 1 aromatic rings. The summed E-state index contributed by atoms with van der Waals surface area (Å²) in [6.07, 6.45) is 1.16. The number of hydrogen-bond donors (Lipinski definition) is 1. The van der Waals surface area contributed by atoms with E-state index in [1.165, 1.54) is 5.69 Å². The van der Waals surface area contributed by atoms with Gasteiger partial charge in [0.15, 0.2) is 0 Å². The molecule has 1 saturated heterocycles. The number of hydrogen-bond acceptors (Lipinski definition) is 3. The molecule has 0 aliphatic carbocycles. The van der Waals surface area contributed by atoms with Crippen LogP contribution < -0.4 is 10.2 Å². The second kappa shape index (κ2) is 6.81. The first-order valence-corrected chi connectivity index (χ1v) is 8.38. The second-order valence-electron chi connectivity index (χ2n) is 5.90. The quantitative estimate of drug-likeness (QED) is 0.913. The van der Waals surface area contributed by atoms with Crippen LogP contribution in [0.5, 0.6) is 0 Å². The van der Waals surface area contributed by atoms with Gasteiger partial charge in [-0.1, -0.05) is 20.8 Å². The van der Waals surface area contributed by atoms with E-state index in [-0.39, 0.29) is 5.82 Å². The highest BCUT2D eigenvalue weighted by Gasteiger charge is 2.24.